The molecule has 0 saturated heterocycles. The van der Waals surface area contributed by atoms with Crippen LogP contribution in [0.3, 0.4) is 0 Å². The van der Waals surface area contributed by atoms with E-state index in [1.807, 2.05) is 0 Å². The topological polar surface area (TPSA) is 99.3 Å². The lowest BCUT2D eigenvalue weighted by molar-refractivity contribution is -0.114. The van der Waals surface area contributed by atoms with Gasteiger partial charge in [-0.25, -0.2) is 4.79 Å². The van der Waals surface area contributed by atoms with Crippen LogP contribution in [0.2, 0.25) is 0 Å². The van der Waals surface area contributed by atoms with E-state index in [0.29, 0.717) is 16.6 Å². The Morgan fingerprint density at radius 1 is 1.28 bits per heavy atom. The Balaban J connectivity index is 2.64. The molecule has 0 aliphatic rings. The van der Waals surface area contributed by atoms with Crippen LogP contribution in [0.5, 0.6) is 0 Å². The molecular weight excluding hydrogens is 236 g/mol. The van der Waals surface area contributed by atoms with Crippen LogP contribution in [0.25, 0.3) is 10.9 Å². The van der Waals surface area contributed by atoms with Gasteiger partial charge in [-0.2, -0.15) is 0 Å². The summed E-state index contributed by atoms with van der Waals surface area (Å²) < 4.78 is 0. The summed E-state index contributed by atoms with van der Waals surface area (Å²) in [4.78, 5) is 36.0. The van der Waals surface area contributed by atoms with E-state index in [2.05, 4.69) is 10.3 Å². The number of aromatic amines is 1. The van der Waals surface area contributed by atoms with E-state index in [4.69, 9.17) is 5.11 Å². The molecule has 1 heterocycles. The number of nitrogens with one attached hydrogen (secondary N) is 2. The maximum absolute atomic E-state index is 11.7. The third-order valence-corrected chi connectivity index (χ3v) is 2.38. The third-order valence-electron chi connectivity index (χ3n) is 2.38. The minimum atomic E-state index is -1.21. The zero-order chi connectivity index (χ0) is 13.3. The molecule has 2 aromatic rings. The van der Waals surface area contributed by atoms with Gasteiger partial charge in [-0.1, -0.05) is 0 Å². The summed E-state index contributed by atoms with van der Waals surface area (Å²) in [7, 11) is 0. The number of carbonyl (C=O) groups excluding carboxylic acids is 1. The van der Waals surface area contributed by atoms with Gasteiger partial charge in [0.2, 0.25) is 5.91 Å². The van der Waals surface area contributed by atoms with Gasteiger partial charge in [0.1, 0.15) is 5.69 Å². The largest absolute Gasteiger partial charge is 0.477 e. The number of pyridine rings is 1. The summed E-state index contributed by atoms with van der Waals surface area (Å²) in [6.07, 6.45) is 0. The molecule has 6 heteroatoms. The van der Waals surface area contributed by atoms with Gasteiger partial charge in [0, 0.05) is 24.1 Å². The van der Waals surface area contributed by atoms with E-state index >= 15 is 0 Å². The van der Waals surface area contributed by atoms with Crippen molar-refractivity contribution in [1.82, 2.24) is 4.98 Å². The minimum absolute atomic E-state index is 0.188. The van der Waals surface area contributed by atoms with Gasteiger partial charge in [0.05, 0.1) is 5.52 Å². The van der Waals surface area contributed by atoms with Crippen molar-refractivity contribution in [3.63, 3.8) is 0 Å². The number of amides is 1. The van der Waals surface area contributed by atoms with Crippen molar-refractivity contribution < 1.29 is 14.7 Å². The average Bonchev–Trinajstić information content (AvgIpc) is 2.27. The number of benzene rings is 1. The van der Waals surface area contributed by atoms with Gasteiger partial charge in [-0.3, -0.25) is 9.59 Å². The number of H-pyrrole nitrogens is 1. The molecule has 18 heavy (non-hydrogen) atoms. The predicted octanol–water partition coefficient (Wildman–Crippen LogP) is 1.18. The highest BCUT2D eigenvalue weighted by atomic mass is 16.4. The quantitative estimate of drug-likeness (QED) is 0.740. The zero-order valence-corrected chi connectivity index (χ0v) is 9.48. The Kier molecular flexibility index (Phi) is 2.85. The molecule has 0 aliphatic heterocycles. The van der Waals surface area contributed by atoms with E-state index < -0.39 is 5.97 Å². The number of fused-ring (bicyclic) bond motifs is 1. The van der Waals surface area contributed by atoms with Crippen LogP contribution in [0.15, 0.2) is 29.1 Å². The fourth-order valence-electron chi connectivity index (χ4n) is 1.65. The van der Waals surface area contributed by atoms with Gasteiger partial charge in [0.15, 0.2) is 5.43 Å². The second-order valence-corrected chi connectivity index (χ2v) is 3.79. The molecule has 6 nitrogen and oxygen atoms in total. The Morgan fingerprint density at radius 3 is 2.61 bits per heavy atom. The third kappa shape index (κ3) is 2.22. The monoisotopic (exact) mass is 246 g/mol. The van der Waals surface area contributed by atoms with Crippen molar-refractivity contribution in [2.45, 2.75) is 6.92 Å². The van der Waals surface area contributed by atoms with Crippen LogP contribution >= 0.6 is 0 Å². The highest BCUT2D eigenvalue weighted by Crippen LogP contribution is 2.15. The van der Waals surface area contributed by atoms with Gasteiger partial charge < -0.3 is 15.4 Å². The van der Waals surface area contributed by atoms with Crippen LogP contribution in [0, 0.1) is 0 Å². The maximum Gasteiger partial charge on any atom is 0.352 e. The van der Waals surface area contributed by atoms with Gasteiger partial charge >= 0.3 is 5.97 Å². The molecule has 0 radical (unpaired) electrons. The molecule has 0 fully saturated rings. The number of aromatic nitrogens is 1. The first-order valence-electron chi connectivity index (χ1n) is 5.15. The Bertz CT molecular complexity index is 703. The molecule has 1 aromatic carbocycles. The van der Waals surface area contributed by atoms with E-state index in [1.165, 1.54) is 19.1 Å². The lowest BCUT2D eigenvalue weighted by Crippen LogP contribution is -2.10. The first kappa shape index (κ1) is 11.8. The van der Waals surface area contributed by atoms with Crippen molar-refractivity contribution in [1.29, 1.82) is 0 Å². The van der Waals surface area contributed by atoms with Crippen molar-refractivity contribution in [2.75, 3.05) is 5.32 Å². The van der Waals surface area contributed by atoms with Crippen LogP contribution in [0.4, 0.5) is 5.69 Å². The van der Waals surface area contributed by atoms with Gasteiger partial charge in [-0.15, -0.1) is 0 Å². The number of anilines is 1. The molecule has 0 saturated carbocycles. The van der Waals surface area contributed by atoms with Crippen LogP contribution < -0.4 is 10.7 Å². The Hall–Kier alpha value is -2.63. The van der Waals surface area contributed by atoms with E-state index in [9.17, 15) is 14.4 Å². The number of hydrogen-bond donors (Lipinski definition) is 3. The maximum atomic E-state index is 11.7. The summed E-state index contributed by atoms with van der Waals surface area (Å²) >= 11 is 0. The molecule has 0 spiro atoms. The molecular formula is C12H10N2O4. The standard InChI is InChI=1S/C12H10N2O4/c1-6(15)13-7-2-3-8-9(4-7)14-10(12(17)18)5-11(8)16/h2-5H,1H3,(H,13,15)(H,14,16)(H,17,18). The van der Waals surface area contributed by atoms with Crippen molar-refractivity contribution >= 4 is 28.5 Å². The molecule has 2 rings (SSSR count). The van der Waals surface area contributed by atoms with E-state index in [1.54, 1.807) is 6.07 Å². The zero-order valence-electron chi connectivity index (χ0n) is 9.48. The molecule has 3 N–H and O–H groups in total. The number of rotatable bonds is 2. The van der Waals surface area contributed by atoms with Crippen LogP contribution in [-0.4, -0.2) is 22.0 Å². The van der Waals surface area contributed by atoms with Crippen molar-refractivity contribution in [3.05, 3.63) is 40.2 Å². The molecule has 0 atom stereocenters. The van der Waals surface area contributed by atoms with E-state index in [0.717, 1.165) is 6.07 Å². The summed E-state index contributed by atoms with van der Waals surface area (Å²) in [5.74, 6) is -1.45. The summed E-state index contributed by atoms with van der Waals surface area (Å²) in [6, 6.07) is 5.66. The number of aromatic carboxylic acids is 1. The molecule has 0 unspecified atom stereocenters. The number of carbonyl (C=O) groups is 2. The summed E-state index contributed by atoms with van der Waals surface area (Å²) in [6.45, 7) is 1.36. The number of carboxylic acids is 1. The van der Waals surface area contributed by atoms with Crippen LogP contribution in [-0.2, 0) is 4.79 Å². The second kappa shape index (κ2) is 4.33. The number of hydrogen-bond acceptors (Lipinski definition) is 3. The molecule has 92 valence electrons. The lowest BCUT2D eigenvalue weighted by Gasteiger charge is -2.04. The summed E-state index contributed by atoms with van der Waals surface area (Å²) in [5.41, 5.74) is 0.294. The molecule has 1 aromatic heterocycles. The number of carboxylic acid groups (broad SMARTS) is 1. The molecule has 0 aliphatic carbocycles. The minimum Gasteiger partial charge on any atom is -0.477 e. The van der Waals surface area contributed by atoms with Gasteiger partial charge in [-0.05, 0) is 18.2 Å². The SMILES string of the molecule is CC(=O)Nc1ccc2c(=O)cc(C(=O)O)[nH]c2c1. The second-order valence-electron chi connectivity index (χ2n) is 3.79. The van der Waals surface area contributed by atoms with Crippen LogP contribution in [0.1, 0.15) is 17.4 Å². The average molecular weight is 246 g/mol. The molecule has 1 amide bonds. The first-order valence-corrected chi connectivity index (χ1v) is 5.15. The Labute approximate surface area is 101 Å². The summed E-state index contributed by atoms with van der Waals surface area (Å²) in [5, 5.41) is 11.8. The highest BCUT2D eigenvalue weighted by molar-refractivity contribution is 5.93. The normalized spacial score (nSPS) is 10.3. The highest BCUT2D eigenvalue weighted by Gasteiger charge is 2.08. The fourth-order valence-corrected chi connectivity index (χ4v) is 1.65. The molecule has 0 bridgehead atoms. The van der Waals surface area contributed by atoms with E-state index in [-0.39, 0.29) is 17.0 Å². The first-order chi connectivity index (χ1) is 8.47. The van der Waals surface area contributed by atoms with Gasteiger partial charge in [0.25, 0.3) is 0 Å². The predicted molar refractivity (Wildman–Crippen MR) is 65.8 cm³/mol. The van der Waals surface area contributed by atoms with Crippen molar-refractivity contribution in [3.8, 4) is 0 Å². The lowest BCUT2D eigenvalue weighted by atomic mass is 10.1. The van der Waals surface area contributed by atoms with Crippen molar-refractivity contribution in [2.24, 2.45) is 0 Å². The smallest absolute Gasteiger partial charge is 0.352 e. The Morgan fingerprint density at radius 2 is 2.00 bits per heavy atom. The fraction of sp³-hybridized carbons (Fsp3) is 0.0833.